The van der Waals surface area contributed by atoms with E-state index in [1.165, 1.54) is 35.9 Å². The number of hydrogen-bond acceptors (Lipinski definition) is 0. The Morgan fingerprint density at radius 3 is 1.44 bits per heavy atom. The zero-order chi connectivity index (χ0) is 22.0. The smallest absolute Gasteiger partial charge is 0.0771 e. The van der Waals surface area contributed by atoms with Gasteiger partial charge in [0.15, 0.2) is 0 Å². The molecule has 6 rings (SSSR count). The molecular weight excluding hydrogens is 622 g/mol. The minimum atomic E-state index is 0. The topological polar surface area (TPSA) is 0 Å². The minimum absolute atomic E-state index is 0. The largest absolute Gasteiger partial charge is 0.126 e. The third kappa shape index (κ3) is 7.53. The van der Waals surface area contributed by atoms with Crippen LogP contribution in [0.25, 0.3) is 21.5 Å². The first-order valence-corrected chi connectivity index (χ1v) is 12.6. The Bertz CT molecular complexity index is 1250. The SMILES string of the molecule is Cl.Cl.[C-]1=CC=CC1.[Hf+2]=[C](c1ccccc1)c1ccccc1.c1ccc2c(c1)[cH-]c1ccccc12. The molecule has 0 amide bonds. The fourth-order valence-electron chi connectivity index (χ4n) is 3.62. The Morgan fingerprint density at radius 1 is 0.618 bits per heavy atom. The zero-order valence-corrected chi connectivity index (χ0v) is 24.0. The summed E-state index contributed by atoms with van der Waals surface area (Å²) in [5.74, 6) is 0. The molecular formula is C31H26Cl2Hf. The summed E-state index contributed by atoms with van der Waals surface area (Å²) in [5, 5.41) is 5.39. The van der Waals surface area contributed by atoms with E-state index in [1.54, 1.807) is 0 Å². The minimum Gasteiger partial charge on any atom is -0.126 e. The van der Waals surface area contributed by atoms with Gasteiger partial charge in [0.2, 0.25) is 0 Å². The van der Waals surface area contributed by atoms with Crippen molar-refractivity contribution in [3.05, 3.63) is 151 Å². The molecule has 3 heteroatoms. The van der Waals surface area contributed by atoms with Crippen LogP contribution in [0.4, 0.5) is 0 Å². The maximum Gasteiger partial charge on any atom is -0.0771 e. The van der Waals surface area contributed by atoms with Gasteiger partial charge in [0.05, 0.1) is 0 Å². The molecule has 0 aliphatic heterocycles. The van der Waals surface area contributed by atoms with Crippen molar-refractivity contribution in [1.29, 1.82) is 0 Å². The maximum absolute atomic E-state index is 2.99. The first-order valence-electron chi connectivity index (χ1n) is 10.8. The molecule has 0 aromatic heterocycles. The standard InChI is InChI=1S/C13H9.C13H10.C5H5.2ClH.Hf/c1-3-7-12-10(5-1)9-11-6-2-4-8-13(11)12;1-3-7-12(8-4-1)11-13-9-5-2-6-10-13;1-2-4-5-3-1;;;/h1-9H;1-10H;1-3H,4H2;2*1H;/q-1;;-1;;;+2. The quantitative estimate of drug-likeness (QED) is 0.133. The second-order valence-corrected chi connectivity index (χ2v) is 9.23. The number of halogens is 2. The molecule has 1 aliphatic rings. The monoisotopic (exact) mass is 648 g/mol. The zero-order valence-electron chi connectivity index (χ0n) is 18.7. The van der Waals surface area contributed by atoms with Gasteiger partial charge >= 0.3 is 98.9 Å². The fraction of sp³-hybridized carbons (Fsp3) is 0.0323. The van der Waals surface area contributed by atoms with E-state index < -0.39 is 0 Å². The predicted molar refractivity (Wildman–Crippen MR) is 149 cm³/mol. The van der Waals surface area contributed by atoms with Crippen molar-refractivity contribution < 1.29 is 23.9 Å². The summed E-state index contributed by atoms with van der Waals surface area (Å²) >= 11 is 1.08. The number of fused-ring (bicyclic) bond motifs is 3. The van der Waals surface area contributed by atoms with Crippen LogP contribution in [0.3, 0.4) is 0 Å². The molecule has 0 nitrogen and oxygen atoms in total. The van der Waals surface area contributed by atoms with Crippen molar-refractivity contribution in [2.45, 2.75) is 6.42 Å². The molecule has 168 valence electrons. The molecule has 0 saturated heterocycles. The first kappa shape index (κ1) is 27.8. The first-order chi connectivity index (χ1) is 15.8. The van der Waals surface area contributed by atoms with E-state index in [9.17, 15) is 0 Å². The van der Waals surface area contributed by atoms with Gasteiger partial charge in [-0.25, -0.2) is 12.2 Å². The molecule has 0 bridgehead atoms. The normalized spacial score (nSPS) is 10.9. The van der Waals surface area contributed by atoms with E-state index in [1.807, 2.05) is 12.2 Å². The van der Waals surface area contributed by atoms with E-state index in [-0.39, 0.29) is 24.8 Å². The summed E-state index contributed by atoms with van der Waals surface area (Å²) in [6, 6.07) is 40.5. The van der Waals surface area contributed by atoms with Gasteiger partial charge in [-0.3, -0.25) is 6.08 Å². The molecule has 0 N–H and O–H groups in total. The van der Waals surface area contributed by atoms with Crippen molar-refractivity contribution in [3.8, 4) is 0 Å². The number of rotatable bonds is 2. The van der Waals surface area contributed by atoms with Crippen LogP contribution in [0, 0.1) is 6.08 Å². The molecule has 0 atom stereocenters. The number of hydrogen-bond donors (Lipinski definition) is 0. The summed E-state index contributed by atoms with van der Waals surface area (Å²) in [6.45, 7) is 0. The molecule has 0 heterocycles. The van der Waals surface area contributed by atoms with Gasteiger partial charge in [0, 0.05) is 0 Å². The van der Waals surface area contributed by atoms with Crippen LogP contribution in [0.1, 0.15) is 17.5 Å². The van der Waals surface area contributed by atoms with Gasteiger partial charge in [-0.15, -0.1) is 71.0 Å². The van der Waals surface area contributed by atoms with Gasteiger partial charge in [-0.1, -0.05) is 36.4 Å². The van der Waals surface area contributed by atoms with Crippen molar-refractivity contribution in [3.63, 3.8) is 0 Å². The maximum atomic E-state index is 2.99. The third-order valence-electron chi connectivity index (χ3n) is 5.23. The Morgan fingerprint density at radius 2 is 1.06 bits per heavy atom. The van der Waals surface area contributed by atoms with Crippen molar-refractivity contribution in [2.24, 2.45) is 0 Å². The van der Waals surface area contributed by atoms with Gasteiger partial charge < -0.3 is 0 Å². The Labute approximate surface area is 229 Å². The molecule has 0 saturated carbocycles. The molecule has 5 aromatic carbocycles. The average molecular weight is 648 g/mol. The van der Waals surface area contributed by atoms with Crippen molar-refractivity contribution >= 4 is 49.6 Å². The van der Waals surface area contributed by atoms with Crippen LogP contribution < -0.4 is 0 Å². The molecule has 0 unspecified atom stereocenters. The van der Waals surface area contributed by atoms with Crippen molar-refractivity contribution in [2.75, 3.05) is 0 Å². The molecule has 1 aliphatic carbocycles. The number of benzene rings is 4. The third-order valence-corrected chi connectivity index (χ3v) is 7.31. The summed E-state index contributed by atoms with van der Waals surface area (Å²) in [5.41, 5.74) is 2.70. The second kappa shape index (κ2) is 14.7. The van der Waals surface area contributed by atoms with Gasteiger partial charge in [0.1, 0.15) is 0 Å². The van der Waals surface area contributed by atoms with E-state index in [2.05, 4.69) is 127 Å². The van der Waals surface area contributed by atoms with Gasteiger partial charge in [0.25, 0.3) is 0 Å². The van der Waals surface area contributed by atoms with Crippen LogP contribution in [0.2, 0.25) is 0 Å². The van der Waals surface area contributed by atoms with Crippen LogP contribution in [0.5, 0.6) is 0 Å². The van der Waals surface area contributed by atoms with E-state index >= 15 is 0 Å². The summed E-state index contributed by atoms with van der Waals surface area (Å²) in [7, 11) is 0. The van der Waals surface area contributed by atoms with Gasteiger partial charge in [-0.05, 0) is 0 Å². The molecule has 0 fully saturated rings. The van der Waals surface area contributed by atoms with Gasteiger partial charge in [-0.2, -0.15) is 6.08 Å². The van der Waals surface area contributed by atoms with E-state index in [4.69, 9.17) is 0 Å². The molecule has 5 aromatic rings. The molecule has 34 heavy (non-hydrogen) atoms. The second-order valence-electron chi connectivity index (χ2n) is 7.43. The molecule has 0 spiro atoms. The van der Waals surface area contributed by atoms with Crippen molar-refractivity contribution in [1.82, 2.24) is 0 Å². The fourth-order valence-corrected chi connectivity index (χ4v) is 4.82. The van der Waals surface area contributed by atoms with E-state index in [0.29, 0.717) is 0 Å². The summed E-state index contributed by atoms with van der Waals surface area (Å²) in [4.78, 5) is 0. The van der Waals surface area contributed by atoms with Crippen LogP contribution >= 0.6 is 24.8 Å². The Hall–Kier alpha value is -2.45. The van der Waals surface area contributed by atoms with Crippen LogP contribution in [-0.4, -0.2) is 3.26 Å². The Balaban J connectivity index is 0.000000191. The van der Waals surface area contributed by atoms with E-state index in [0.717, 1.165) is 30.3 Å². The predicted octanol–water partition coefficient (Wildman–Crippen LogP) is 8.66. The summed E-state index contributed by atoms with van der Waals surface area (Å²) < 4.78 is 1.46. The van der Waals surface area contributed by atoms with Crippen LogP contribution in [0.15, 0.2) is 133 Å². The molecule has 0 radical (unpaired) electrons. The summed E-state index contributed by atoms with van der Waals surface area (Å²) in [6.07, 6.45) is 10.0. The van der Waals surface area contributed by atoms with Crippen LogP contribution in [-0.2, 0) is 23.9 Å². The Kier molecular flexibility index (Phi) is 12.0. The number of allylic oxidation sites excluding steroid dienone is 4. The average Bonchev–Trinajstić information content (AvgIpc) is 3.57.